The highest BCUT2D eigenvalue weighted by atomic mass is 35.5. The quantitative estimate of drug-likeness (QED) is 0.678. The fourth-order valence-corrected chi connectivity index (χ4v) is 2.02. The first kappa shape index (κ1) is 14.5. The van der Waals surface area contributed by atoms with E-state index in [1.807, 2.05) is 0 Å². The summed E-state index contributed by atoms with van der Waals surface area (Å²) >= 11 is 1.69. The Balaban J connectivity index is 0.00000196. The van der Waals surface area contributed by atoms with Crippen LogP contribution in [0.15, 0.2) is 0 Å². The lowest BCUT2D eigenvalue weighted by molar-refractivity contribution is -0.140. The number of nitrogens with one attached hydrogen (secondary N) is 2. The number of ether oxygens (including phenoxy) is 1. The lowest BCUT2D eigenvalue weighted by Gasteiger charge is -2.09. The van der Waals surface area contributed by atoms with Crippen LogP contribution in [0.2, 0.25) is 0 Å². The third-order valence-corrected chi connectivity index (χ3v) is 2.83. The van der Waals surface area contributed by atoms with Crippen molar-refractivity contribution in [3.63, 3.8) is 0 Å². The summed E-state index contributed by atoms with van der Waals surface area (Å²) in [5, 5.41) is 5.72. The van der Waals surface area contributed by atoms with E-state index in [9.17, 15) is 9.59 Å². The van der Waals surface area contributed by atoms with Gasteiger partial charge >= 0.3 is 5.97 Å². The molecule has 2 N–H and O–H groups in total. The Morgan fingerprint density at radius 1 is 1.60 bits per heavy atom. The molecule has 0 aromatic carbocycles. The van der Waals surface area contributed by atoms with Crippen LogP contribution in [0.1, 0.15) is 6.42 Å². The smallest absolute Gasteiger partial charge is 0.307 e. The topological polar surface area (TPSA) is 67.4 Å². The molecule has 0 aliphatic carbocycles. The van der Waals surface area contributed by atoms with Crippen molar-refractivity contribution in [1.82, 2.24) is 10.6 Å². The molecule has 15 heavy (non-hydrogen) atoms. The molecule has 1 aliphatic heterocycles. The molecule has 1 saturated heterocycles. The fourth-order valence-electron chi connectivity index (χ4n) is 1.08. The van der Waals surface area contributed by atoms with E-state index < -0.39 is 0 Å². The van der Waals surface area contributed by atoms with E-state index >= 15 is 0 Å². The van der Waals surface area contributed by atoms with E-state index in [2.05, 4.69) is 15.4 Å². The zero-order valence-electron chi connectivity index (χ0n) is 8.45. The molecule has 0 saturated carbocycles. The highest BCUT2D eigenvalue weighted by Gasteiger charge is 2.21. The molecule has 0 aromatic rings. The van der Waals surface area contributed by atoms with Crippen molar-refractivity contribution in [2.75, 3.05) is 25.3 Å². The van der Waals surface area contributed by atoms with E-state index in [-0.39, 0.29) is 36.7 Å². The summed E-state index contributed by atoms with van der Waals surface area (Å²) in [4.78, 5) is 22.1. The summed E-state index contributed by atoms with van der Waals surface area (Å²) in [5.41, 5.74) is 0. The summed E-state index contributed by atoms with van der Waals surface area (Å²) < 4.78 is 4.45. The van der Waals surface area contributed by atoms with Crippen LogP contribution in [-0.2, 0) is 14.3 Å². The minimum atomic E-state index is -0.306. The number of carbonyl (C=O) groups excluding carboxylic acids is 2. The molecule has 1 atom stereocenters. The van der Waals surface area contributed by atoms with Crippen LogP contribution >= 0.6 is 24.2 Å². The Hall–Kier alpha value is -0.460. The van der Waals surface area contributed by atoms with Gasteiger partial charge in [0.2, 0.25) is 5.91 Å². The second-order valence-electron chi connectivity index (χ2n) is 2.89. The predicted octanol–water partition coefficient (Wildman–Crippen LogP) is -0.250. The van der Waals surface area contributed by atoms with E-state index in [1.54, 1.807) is 11.8 Å². The van der Waals surface area contributed by atoms with Gasteiger partial charge in [0, 0.05) is 18.2 Å². The van der Waals surface area contributed by atoms with Crippen molar-refractivity contribution < 1.29 is 14.3 Å². The van der Waals surface area contributed by atoms with Crippen LogP contribution < -0.4 is 10.6 Å². The van der Waals surface area contributed by atoms with Crippen LogP contribution in [0.5, 0.6) is 0 Å². The maximum atomic E-state index is 11.4. The summed E-state index contributed by atoms with van der Waals surface area (Å²) in [6.45, 7) is 0.342. The highest BCUT2D eigenvalue weighted by molar-refractivity contribution is 7.99. The first-order valence-corrected chi connectivity index (χ1v) is 5.55. The van der Waals surface area contributed by atoms with Gasteiger partial charge in [-0.3, -0.25) is 14.9 Å². The summed E-state index contributed by atoms with van der Waals surface area (Å²) in [7, 11) is 1.33. The van der Waals surface area contributed by atoms with Crippen LogP contribution in [0.3, 0.4) is 0 Å². The van der Waals surface area contributed by atoms with Crippen molar-refractivity contribution in [3.8, 4) is 0 Å². The first-order chi connectivity index (χ1) is 6.74. The van der Waals surface area contributed by atoms with Crippen LogP contribution in [0.25, 0.3) is 0 Å². The molecule has 1 fully saturated rings. The highest BCUT2D eigenvalue weighted by Crippen LogP contribution is 2.08. The molecule has 0 unspecified atom stereocenters. The lowest BCUT2D eigenvalue weighted by atomic mass is 10.3. The Morgan fingerprint density at radius 2 is 2.33 bits per heavy atom. The van der Waals surface area contributed by atoms with E-state index in [1.165, 1.54) is 7.11 Å². The number of esters is 1. The van der Waals surface area contributed by atoms with Crippen molar-refractivity contribution in [1.29, 1.82) is 0 Å². The Labute approximate surface area is 99.1 Å². The van der Waals surface area contributed by atoms with Gasteiger partial charge in [0.15, 0.2) is 0 Å². The van der Waals surface area contributed by atoms with Gasteiger partial charge in [0.25, 0.3) is 0 Å². The minimum Gasteiger partial charge on any atom is -0.469 e. The van der Waals surface area contributed by atoms with E-state index in [0.29, 0.717) is 6.54 Å². The molecular weight excluding hydrogens is 240 g/mol. The van der Waals surface area contributed by atoms with Crippen LogP contribution in [-0.4, -0.2) is 43.2 Å². The Kier molecular flexibility index (Phi) is 7.54. The fraction of sp³-hybridized carbons (Fsp3) is 0.750. The van der Waals surface area contributed by atoms with Gasteiger partial charge in [-0.05, 0) is 0 Å². The SMILES string of the molecule is COC(=O)CCNC(=O)[C@H]1CSCN1.Cl. The van der Waals surface area contributed by atoms with Gasteiger partial charge < -0.3 is 10.1 Å². The molecule has 0 spiro atoms. The summed E-state index contributed by atoms with van der Waals surface area (Å²) in [6, 6.07) is -0.113. The monoisotopic (exact) mass is 254 g/mol. The third kappa shape index (κ3) is 5.25. The van der Waals surface area contributed by atoms with E-state index in [0.717, 1.165) is 11.6 Å². The molecule has 1 aliphatic rings. The number of carbonyl (C=O) groups is 2. The number of thioether (sulfide) groups is 1. The lowest BCUT2D eigenvalue weighted by Crippen LogP contribution is -2.42. The minimum absolute atomic E-state index is 0. The molecular formula is C8H15ClN2O3S. The molecule has 0 aromatic heterocycles. The average molecular weight is 255 g/mol. The zero-order chi connectivity index (χ0) is 10.4. The third-order valence-electron chi connectivity index (χ3n) is 1.89. The molecule has 7 heteroatoms. The van der Waals surface area contributed by atoms with Crippen molar-refractivity contribution >= 4 is 36.0 Å². The standard InChI is InChI=1S/C8H14N2O3S.ClH/c1-13-7(11)2-3-9-8(12)6-4-14-5-10-6;/h6,10H,2-5H2,1H3,(H,9,12);1H/t6-;/m1./s1. The van der Waals surface area contributed by atoms with Crippen molar-refractivity contribution in [2.24, 2.45) is 0 Å². The average Bonchev–Trinajstić information content (AvgIpc) is 2.70. The van der Waals surface area contributed by atoms with Gasteiger partial charge in [-0.15, -0.1) is 24.2 Å². The normalized spacial score (nSPS) is 19.1. The second kappa shape index (κ2) is 7.78. The molecule has 1 amide bonds. The zero-order valence-corrected chi connectivity index (χ0v) is 10.1. The Morgan fingerprint density at radius 3 is 2.87 bits per heavy atom. The number of amides is 1. The number of hydrogen-bond donors (Lipinski definition) is 2. The number of halogens is 1. The molecule has 5 nitrogen and oxygen atoms in total. The van der Waals surface area contributed by atoms with Crippen LogP contribution in [0, 0.1) is 0 Å². The van der Waals surface area contributed by atoms with Crippen LogP contribution in [0.4, 0.5) is 0 Å². The number of rotatable bonds is 4. The second-order valence-corrected chi connectivity index (χ2v) is 3.92. The van der Waals surface area contributed by atoms with Gasteiger partial charge in [0.1, 0.15) is 0 Å². The van der Waals surface area contributed by atoms with Crippen molar-refractivity contribution in [2.45, 2.75) is 12.5 Å². The molecule has 0 bridgehead atoms. The molecule has 0 radical (unpaired) electrons. The Bertz CT molecular complexity index is 222. The maximum Gasteiger partial charge on any atom is 0.307 e. The summed E-state index contributed by atoms with van der Waals surface area (Å²) in [5.74, 6) is 1.26. The van der Waals surface area contributed by atoms with Gasteiger partial charge in [-0.2, -0.15) is 0 Å². The van der Waals surface area contributed by atoms with Gasteiger partial charge in [0.05, 0.1) is 19.6 Å². The molecule has 1 heterocycles. The summed E-state index contributed by atoms with van der Waals surface area (Å²) in [6.07, 6.45) is 0.224. The first-order valence-electron chi connectivity index (χ1n) is 4.39. The largest absolute Gasteiger partial charge is 0.469 e. The van der Waals surface area contributed by atoms with Crippen molar-refractivity contribution in [3.05, 3.63) is 0 Å². The number of hydrogen-bond acceptors (Lipinski definition) is 5. The molecule has 88 valence electrons. The predicted molar refractivity (Wildman–Crippen MR) is 61.1 cm³/mol. The maximum absolute atomic E-state index is 11.4. The number of methoxy groups -OCH3 is 1. The van der Waals surface area contributed by atoms with Gasteiger partial charge in [-0.25, -0.2) is 0 Å². The molecule has 1 rings (SSSR count). The van der Waals surface area contributed by atoms with E-state index in [4.69, 9.17) is 0 Å². The van der Waals surface area contributed by atoms with Gasteiger partial charge in [-0.1, -0.05) is 0 Å².